The molecule has 0 amide bonds. The highest BCUT2D eigenvalue weighted by Gasteiger charge is 2.17. The van der Waals surface area contributed by atoms with Crippen molar-refractivity contribution >= 4 is 5.78 Å². The summed E-state index contributed by atoms with van der Waals surface area (Å²) in [7, 11) is 0. The first-order chi connectivity index (χ1) is 8.81. The number of rotatable bonds is 6. The van der Waals surface area contributed by atoms with E-state index in [-0.39, 0.29) is 5.78 Å². The molecule has 18 heavy (non-hydrogen) atoms. The number of imidazole rings is 1. The van der Waals surface area contributed by atoms with Crippen LogP contribution in [0.3, 0.4) is 0 Å². The fourth-order valence-electron chi connectivity index (χ4n) is 2.60. The number of carbonyl (C=O) groups excluding carboxylic acids is 1. The van der Waals surface area contributed by atoms with Crippen LogP contribution in [-0.2, 0) is 6.54 Å². The smallest absolute Gasteiger partial charge is 0.198 e. The summed E-state index contributed by atoms with van der Waals surface area (Å²) in [5.74, 6) is 1.56. The van der Waals surface area contributed by atoms with Gasteiger partial charge in [0.2, 0.25) is 0 Å². The third kappa shape index (κ3) is 3.42. The predicted molar refractivity (Wildman–Crippen MR) is 71.7 cm³/mol. The van der Waals surface area contributed by atoms with Crippen molar-refractivity contribution in [3.63, 3.8) is 0 Å². The molecule has 100 valence electrons. The summed E-state index contributed by atoms with van der Waals surface area (Å²) in [5, 5.41) is 3.35. The van der Waals surface area contributed by atoms with Crippen LogP contribution in [0.5, 0.6) is 0 Å². The minimum atomic E-state index is 0.201. The number of ketones is 1. The molecule has 0 saturated carbocycles. The Hall–Kier alpha value is -1.16. The maximum absolute atomic E-state index is 12.1. The summed E-state index contributed by atoms with van der Waals surface area (Å²) >= 11 is 0. The monoisotopic (exact) mass is 249 g/mol. The van der Waals surface area contributed by atoms with Gasteiger partial charge in [-0.05, 0) is 44.7 Å². The molecule has 1 fully saturated rings. The first-order valence-electron chi connectivity index (χ1n) is 7.06. The van der Waals surface area contributed by atoms with Crippen LogP contribution in [0.4, 0.5) is 0 Å². The zero-order valence-corrected chi connectivity index (χ0v) is 11.2. The third-order valence-corrected chi connectivity index (χ3v) is 3.67. The molecule has 1 aromatic rings. The molecule has 2 heterocycles. The summed E-state index contributed by atoms with van der Waals surface area (Å²) in [4.78, 5) is 16.3. The first-order valence-corrected chi connectivity index (χ1v) is 7.06. The number of hydrogen-bond donors (Lipinski definition) is 1. The summed E-state index contributed by atoms with van der Waals surface area (Å²) < 4.78 is 1.98. The number of carbonyl (C=O) groups is 1. The van der Waals surface area contributed by atoms with Crippen LogP contribution in [0, 0.1) is 5.92 Å². The van der Waals surface area contributed by atoms with E-state index in [1.165, 1.54) is 12.8 Å². The van der Waals surface area contributed by atoms with Crippen molar-refractivity contribution in [1.29, 1.82) is 0 Å². The second-order valence-corrected chi connectivity index (χ2v) is 5.10. The van der Waals surface area contributed by atoms with E-state index in [4.69, 9.17) is 0 Å². The van der Waals surface area contributed by atoms with E-state index >= 15 is 0 Å². The molecule has 0 aromatic carbocycles. The minimum Gasteiger partial charge on any atom is -0.329 e. The van der Waals surface area contributed by atoms with Gasteiger partial charge < -0.3 is 9.88 Å². The van der Waals surface area contributed by atoms with Gasteiger partial charge in [-0.15, -0.1) is 0 Å². The first kappa shape index (κ1) is 13.3. The molecule has 0 atom stereocenters. The molecule has 0 bridgehead atoms. The van der Waals surface area contributed by atoms with E-state index in [0.29, 0.717) is 18.2 Å². The number of aryl methyl sites for hydroxylation is 1. The van der Waals surface area contributed by atoms with Crippen molar-refractivity contribution < 1.29 is 4.79 Å². The fourth-order valence-corrected chi connectivity index (χ4v) is 2.60. The molecule has 4 nitrogen and oxygen atoms in total. The Labute approximate surface area is 109 Å². The molecule has 1 aromatic heterocycles. The van der Waals surface area contributed by atoms with Crippen molar-refractivity contribution in [2.75, 3.05) is 13.1 Å². The van der Waals surface area contributed by atoms with Crippen molar-refractivity contribution in [3.05, 3.63) is 18.2 Å². The standard InChI is InChI=1S/C14H23N3O/c1-2-10-17-11-9-16-14(17)13(18)4-3-12-5-7-15-8-6-12/h9,11-12,15H,2-8,10H2,1H3. The highest BCUT2D eigenvalue weighted by molar-refractivity contribution is 5.92. The van der Waals surface area contributed by atoms with Crippen LogP contribution in [0.2, 0.25) is 0 Å². The Kier molecular flexibility index (Phi) is 4.93. The third-order valence-electron chi connectivity index (χ3n) is 3.67. The Morgan fingerprint density at radius 1 is 1.50 bits per heavy atom. The van der Waals surface area contributed by atoms with Gasteiger partial charge in [0.1, 0.15) is 0 Å². The van der Waals surface area contributed by atoms with Gasteiger partial charge in [0.05, 0.1) is 0 Å². The Morgan fingerprint density at radius 2 is 2.28 bits per heavy atom. The van der Waals surface area contributed by atoms with Crippen molar-refractivity contribution in [2.45, 2.75) is 45.6 Å². The SMILES string of the molecule is CCCn1ccnc1C(=O)CCC1CCNCC1. The second-order valence-electron chi connectivity index (χ2n) is 5.10. The highest BCUT2D eigenvalue weighted by atomic mass is 16.1. The zero-order valence-electron chi connectivity index (χ0n) is 11.2. The van der Waals surface area contributed by atoms with Gasteiger partial charge in [0.25, 0.3) is 0 Å². The lowest BCUT2D eigenvalue weighted by Crippen LogP contribution is -2.28. The van der Waals surface area contributed by atoms with Gasteiger partial charge in [-0.2, -0.15) is 0 Å². The number of hydrogen-bond acceptors (Lipinski definition) is 3. The molecule has 1 N–H and O–H groups in total. The van der Waals surface area contributed by atoms with Crippen LogP contribution in [-0.4, -0.2) is 28.4 Å². The summed E-state index contributed by atoms with van der Waals surface area (Å²) in [5.41, 5.74) is 0. The second kappa shape index (κ2) is 6.69. The van der Waals surface area contributed by atoms with Crippen LogP contribution >= 0.6 is 0 Å². The molecular formula is C14H23N3O. The molecule has 0 radical (unpaired) electrons. The molecule has 1 saturated heterocycles. The lowest BCUT2D eigenvalue weighted by molar-refractivity contribution is 0.0956. The average Bonchev–Trinajstić information content (AvgIpc) is 2.86. The lowest BCUT2D eigenvalue weighted by Gasteiger charge is -2.22. The maximum atomic E-state index is 12.1. The van der Waals surface area contributed by atoms with Crippen LogP contribution < -0.4 is 5.32 Å². The number of Topliss-reactive ketones (excluding diaryl/α,β-unsaturated/α-hetero) is 1. The number of nitrogens with one attached hydrogen (secondary N) is 1. The van der Waals surface area contributed by atoms with Crippen molar-refractivity contribution in [2.24, 2.45) is 5.92 Å². The van der Waals surface area contributed by atoms with E-state index in [0.717, 1.165) is 32.5 Å². The van der Waals surface area contributed by atoms with Gasteiger partial charge >= 0.3 is 0 Å². The topological polar surface area (TPSA) is 46.9 Å². The van der Waals surface area contributed by atoms with Gasteiger partial charge in [-0.3, -0.25) is 4.79 Å². The van der Waals surface area contributed by atoms with E-state index in [1.54, 1.807) is 6.20 Å². The van der Waals surface area contributed by atoms with E-state index in [2.05, 4.69) is 17.2 Å². The molecule has 1 aliphatic heterocycles. The van der Waals surface area contributed by atoms with E-state index in [1.807, 2.05) is 10.8 Å². The molecular weight excluding hydrogens is 226 g/mol. The number of aromatic nitrogens is 2. The van der Waals surface area contributed by atoms with Crippen molar-refractivity contribution in [1.82, 2.24) is 14.9 Å². The Morgan fingerprint density at radius 3 is 3.00 bits per heavy atom. The normalized spacial score (nSPS) is 16.9. The number of piperidine rings is 1. The minimum absolute atomic E-state index is 0.201. The van der Waals surface area contributed by atoms with Crippen molar-refractivity contribution in [3.8, 4) is 0 Å². The predicted octanol–water partition coefficient (Wildman–Crippen LogP) is 2.26. The van der Waals surface area contributed by atoms with Gasteiger partial charge in [-0.25, -0.2) is 4.98 Å². The van der Waals surface area contributed by atoms with Crippen LogP contribution in [0.25, 0.3) is 0 Å². The zero-order chi connectivity index (χ0) is 12.8. The van der Waals surface area contributed by atoms with E-state index < -0.39 is 0 Å². The highest BCUT2D eigenvalue weighted by Crippen LogP contribution is 2.19. The maximum Gasteiger partial charge on any atom is 0.198 e. The summed E-state index contributed by atoms with van der Waals surface area (Å²) in [6.45, 7) is 5.20. The molecule has 2 rings (SSSR count). The Balaban J connectivity index is 1.84. The number of nitrogens with zero attached hydrogens (tertiary/aromatic N) is 2. The van der Waals surface area contributed by atoms with E-state index in [9.17, 15) is 4.79 Å². The quantitative estimate of drug-likeness (QED) is 0.787. The Bertz CT molecular complexity index is 380. The molecule has 4 heteroatoms. The van der Waals surface area contributed by atoms with Gasteiger partial charge in [0.15, 0.2) is 11.6 Å². The van der Waals surface area contributed by atoms with Gasteiger partial charge in [0, 0.05) is 25.4 Å². The summed E-state index contributed by atoms with van der Waals surface area (Å²) in [6, 6.07) is 0. The molecule has 0 aliphatic carbocycles. The molecule has 1 aliphatic rings. The van der Waals surface area contributed by atoms with Crippen LogP contribution in [0.15, 0.2) is 12.4 Å². The molecule has 0 unspecified atom stereocenters. The fraction of sp³-hybridized carbons (Fsp3) is 0.714. The van der Waals surface area contributed by atoms with Gasteiger partial charge in [-0.1, -0.05) is 6.92 Å². The lowest BCUT2D eigenvalue weighted by atomic mass is 9.92. The van der Waals surface area contributed by atoms with Crippen LogP contribution in [0.1, 0.15) is 49.6 Å². The summed E-state index contributed by atoms with van der Waals surface area (Å²) in [6.07, 6.45) is 8.73. The largest absolute Gasteiger partial charge is 0.329 e. The average molecular weight is 249 g/mol. The molecule has 0 spiro atoms.